The van der Waals surface area contributed by atoms with Gasteiger partial charge in [-0.05, 0) is 31.2 Å². The molecule has 0 fully saturated rings. The van der Waals surface area contributed by atoms with Crippen LogP contribution in [-0.2, 0) is 0 Å². The summed E-state index contributed by atoms with van der Waals surface area (Å²) in [6.07, 6.45) is 0. The van der Waals surface area contributed by atoms with Crippen molar-refractivity contribution < 1.29 is 4.74 Å². The molecule has 17 heavy (non-hydrogen) atoms. The number of nitrogens with zero attached hydrogens (tertiary/aromatic N) is 1. The number of halogens is 2. The number of anilines is 1. The fourth-order valence-corrected chi connectivity index (χ4v) is 1.72. The quantitative estimate of drug-likeness (QED) is 0.893. The van der Waals surface area contributed by atoms with E-state index in [-0.39, 0.29) is 0 Å². The summed E-state index contributed by atoms with van der Waals surface area (Å²) in [6.45, 7) is 1.81. The van der Waals surface area contributed by atoms with Gasteiger partial charge in [0.2, 0.25) is 5.88 Å². The molecule has 0 aliphatic rings. The van der Waals surface area contributed by atoms with E-state index < -0.39 is 0 Å². The first-order valence-corrected chi connectivity index (χ1v) is 5.68. The molecular weight excluding hydrogens is 259 g/mol. The van der Waals surface area contributed by atoms with Crippen LogP contribution in [-0.4, -0.2) is 4.98 Å². The van der Waals surface area contributed by atoms with E-state index in [1.54, 1.807) is 30.3 Å². The number of ether oxygens (including phenoxy) is 1. The van der Waals surface area contributed by atoms with E-state index in [9.17, 15) is 0 Å². The first kappa shape index (κ1) is 12.0. The molecule has 0 saturated heterocycles. The number of aromatic nitrogens is 1. The standard InChI is InChI=1S/C12H10Cl2N2O/c1-7-10(15)3-5-12(16-7)17-11-4-2-8(13)6-9(11)14/h2-6H,15H2,1H3. The van der Waals surface area contributed by atoms with E-state index in [0.29, 0.717) is 33.1 Å². The fourth-order valence-electron chi connectivity index (χ4n) is 1.28. The molecule has 5 heteroatoms. The summed E-state index contributed by atoms with van der Waals surface area (Å²) in [5, 5.41) is 0.998. The number of rotatable bonds is 2. The lowest BCUT2D eigenvalue weighted by atomic mass is 10.3. The molecule has 88 valence electrons. The second-order valence-corrected chi connectivity index (χ2v) is 4.34. The monoisotopic (exact) mass is 268 g/mol. The van der Waals surface area contributed by atoms with Crippen molar-refractivity contribution in [2.75, 3.05) is 5.73 Å². The van der Waals surface area contributed by atoms with Gasteiger partial charge in [-0.3, -0.25) is 0 Å². The van der Waals surface area contributed by atoms with Crippen molar-refractivity contribution in [2.45, 2.75) is 6.92 Å². The van der Waals surface area contributed by atoms with Crippen LogP contribution in [0.4, 0.5) is 5.69 Å². The van der Waals surface area contributed by atoms with Crippen molar-refractivity contribution in [1.82, 2.24) is 4.98 Å². The summed E-state index contributed by atoms with van der Waals surface area (Å²) < 4.78 is 5.54. The van der Waals surface area contributed by atoms with Crippen LogP contribution >= 0.6 is 23.2 Å². The van der Waals surface area contributed by atoms with E-state index >= 15 is 0 Å². The zero-order valence-electron chi connectivity index (χ0n) is 9.08. The number of nitrogen functional groups attached to an aromatic ring is 1. The van der Waals surface area contributed by atoms with Crippen LogP contribution in [0.3, 0.4) is 0 Å². The normalized spacial score (nSPS) is 10.3. The van der Waals surface area contributed by atoms with Crippen LogP contribution in [0.15, 0.2) is 30.3 Å². The summed E-state index contributed by atoms with van der Waals surface area (Å²) in [6, 6.07) is 8.43. The highest BCUT2D eigenvalue weighted by atomic mass is 35.5. The van der Waals surface area contributed by atoms with Crippen molar-refractivity contribution in [2.24, 2.45) is 0 Å². The van der Waals surface area contributed by atoms with Crippen LogP contribution < -0.4 is 10.5 Å². The van der Waals surface area contributed by atoms with Gasteiger partial charge in [0, 0.05) is 11.1 Å². The molecule has 1 aromatic carbocycles. The van der Waals surface area contributed by atoms with Gasteiger partial charge in [0.1, 0.15) is 5.75 Å². The average Bonchev–Trinajstić information content (AvgIpc) is 2.27. The smallest absolute Gasteiger partial charge is 0.219 e. The summed E-state index contributed by atoms with van der Waals surface area (Å²) >= 11 is 11.8. The predicted octanol–water partition coefficient (Wildman–Crippen LogP) is 4.07. The van der Waals surface area contributed by atoms with Gasteiger partial charge < -0.3 is 10.5 Å². The lowest BCUT2D eigenvalue weighted by Gasteiger charge is -2.08. The molecule has 3 nitrogen and oxygen atoms in total. The molecule has 0 spiro atoms. The predicted molar refractivity (Wildman–Crippen MR) is 69.9 cm³/mol. The maximum atomic E-state index is 5.99. The topological polar surface area (TPSA) is 48.1 Å². The molecule has 0 aliphatic carbocycles. The third kappa shape index (κ3) is 2.81. The molecule has 1 heterocycles. The molecule has 0 amide bonds. The maximum Gasteiger partial charge on any atom is 0.219 e. The van der Waals surface area contributed by atoms with Crippen LogP contribution in [0, 0.1) is 6.92 Å². The molecular formula is C12H10Cl2N2O. The number of hydrogen-bond donors (Lipinski definition) is 1. The molecule has 0 saturated carbocycles. The third-order valence-electron chi connectivity index (χ3n) is 2.21. The number of pyridine rings is 1. The number of benzene rings is 1. The molecule has 2 aromatic rings. The Morgan fingerprint density at radius 3 is 2.59 bits per heavy atom. The Labute approximate surface area is 109 Å². The number of hydrogen-bond acceptors (Lipinski definition) is 3. The summed E-state index contributed by atoms with van der Waals surface area (Å²) in [5.74, 6) is 0.952. The average molecular weight is 269 g/mol. The van der Waals surface area contributed by atoms with Crippen LogP contribution in [0.1, 0.15) is 5.69 Å². The van der Waals surface area contributed by atoms with Crippen molar-refractivity contribution >= 4 is 28.9 Å². The third-order valence-corrected chi connectivity index (χ3v) is 2.74. The Bertz CT molecular complexity index is 558. The van der Waals surface area contributed by atoms with Crippen molar-refractivity contribution in [3.05, 3.63) is 46.1 Å². The molecule has 1 aromatic heterocycles. The largest absolute Gasteiger partial charge is 0.437 e. The molecule has 0 radical (unpaired) electrons. The Balaban J connectivity index is 2.28. The first-order chi connectivity index (χ1) is 8.06. The summed E-state index contributed by atoms with van der Waals surface area (Å²) in [7, 11) is 0. The maximum absolute atomic E-state index is 5.99. The Morgan fingerprint density at radius 1 is 1.18 bits per heavy atom. The minimum absolute atomic E-state index is 0.439. The molecule has 0 unspecified atom stereocenters. The van der Waals surface area contributed by atoms with Gasteiger partial charge in [0.05, 0.1) is 16.4 Å². The molecule has 0 atom stereocenters. The Morgan fingerprint density at radius 2 is 1.94 bits per heavy atom. The summed E-state index contributed by atoms with van der Waals surface area (Å²) in [5.41, 5.74) is 7.01. The second kappa shape index (κ2) is 4.82. The van der Waals surface area contributed by atoms with Crippen LogP contribution in [0.5, 0.6) is 11.6 Å². The Hall–Kier alpha value is -1.45. The van der Waals surface area contributed by atoms with E-state index in [4.69, 9.17) is 33.7 Å². The van der Waals surface area contributed by atoms with Crippen LogP contribution in [0.25, 0.3) is 0 Å². The highest BCUT2D eigenvalue weighted by Gasteiger charge is 2.05. The summed E-state index contributed by atoms with van der Waals surface area (Å²) in [4.78, 5) is 4.19. The van der Waals surface area contributed by atoms with Gasteiger partial charge in [-0.15, -0.1) is 0 Å². The molecule has 2 N–H and O–H groups in total. The minimum atomic E-state index is 0.439. The molecule has 2 rings (SSSR count). The minimum Gasteiger partial charge on any atom is -0.437 e. The van der Waals surface area contributed by atoms with E-state index in [1.165, 1.54) is 0 Å². The van der Waals surface area contributed by atoms with Gasteiger partial charge in [-0.25, -0.2) is 4.98 Å². The van der Waals surface area contributed by atoms with Crippen LogP contribution in [0.2, 0.25) is 10.0 Å². The lowest BCUT2D eigenvalue weighted by Crippen LogP contribution is -1.95. The fraction of sp³-hybridized carbons (Fsp3) is 0.0833. The van der Waals surface area contributed by atoms with Crippen molar-refractivity contribution in [3.8, 4) is 11.6 Å². The molecule has 0 bridgehead atoms. The Kier molecular flexibility index (Phi) is 3.41. The van der Waals surface area contributed by atoms with E-state index in [1.807, 2.05) is 6.92 Å². The van der Waals surface area contributed by atoms with Gasteiger partial charge in [0.25, 0.3) is 0 Å². The number of nitrogens with two attached hydrogens (primary N) is 1. The van der Waals surface area contributed by atoms with Gasteiger partial charge in [-0.2, -0.15) is 0 Å². The number of aryl methyl sites for hydroxylation is 1. The first-order valence-electron chi connectivity index (χ1n) is 4.92. The zero-order chi connectivity index (χ0) is 12.4. The van der Waals surface area contributed by atoms with E-state index in [2.05, 4.69) is 4.98 Å². The zero-order valence-corrected chi connectivity index (χ0v) is 10.6. The van der Waals surface area contributed by atoms with E-state index in [0.717, 1.165) is 0 Å². The van der Waals surface area contributed by atoms with Crippen molar-refractivity contribution in [1.29, 1.82) is 0 Å². The molecule has 0 aliphatic heterocycles. The van der Waals surface area contributed by atoms with Crippen molar-refractivity contribution in [3.63, 3.8) is 0 Å². The van der Waals surface area contributed by atoms with Gasteiger partial charge in [0.15, 0.2) is 0 Å². The second-order valence-electron chi connectivity index (χ2n) is 3.50. The SMILES string of the molecule is Cc1nc(Oc2ccc(Cl)cc2Cl)ccc1N. The highest BCUT2D eigenvalue weighted by Crippen LogP contribution is 2.31. The van der Waals surface area contributed by atoms with Gasteiger partial charge >= 0.3 is 0 Å². The lowest BCUT2D eigenvalue weighted by molar-refractivity contribution is 0.462. The van der Waals surface area contributed by atoms with Gasteiger partial charge in [-0.1, -0.05) is 23.2 Å². The highest BCUT2D eigenvalue weighted by molar-refractivity contribution is 6.35.